The maximum Gasteiger partial charge on any atom is 0.224 e. The second-order valence-electron chi connectivity index (χ2n) is 4.45. The summed E-state index contributed by atoms with van der Waals surface area (Å²) in [4.78, 5) is 11.9. The van der Waals surface area contributed by atoms with E-state index in [1.807, 2.05) is 24.3 Å². The summed E-state index contributed by atoms with van der Waals surface area (Å²) in [6.07, 6.45) is 3.62. The molecule has 18 heavy (non-hydrogen) atoms. The van der Waals surface area contributed by atoms with Crippen molar-refractivity contribution in [2.45, 2.75) is 38.6 Å². The third kappa shape index (κ3) is 5.82. The summed E-state index contributed by atoms with van der Waals surface area (Å²) in [5.41, 5.74) is 6.71. The van der Waals surface area contributed by atoms with E-state index in [-0.39, 0.29) is 11.9 Å². The van der Waals surface area contributed by atoms with Crippen molar-refractivity contribution in [2.75, 3.05) is 6.54 Å². The van der Waals surface area contributed by atoms with Crippen molar-refractivity contribution in [2.24, 2.45) is 5.73 Å². The number of benzene rings is 1. The van der Waals surface area contributed by atoms with Gasteiger partial charge in [0.15, 0.2) is 0 Å². The minimum absolute atomic E-state index is 0.0588. The van der Waals surface area contributed by atoms with Gasteiger partial charge in [0, 0.05) is 16.2 Å². The van der Waals surface area contributed by atoms with E-state index >= 15 is 0 Å². The van der Waals surface area contributed by atoms with Crippen molar-refractivity contribution in [1.82, 2.24) is 5.32 Å². The molecule has 0 aliphatic heterocycles. The van der Waals surface area contributed by atoms with E-state index in [1.165, 1.54) is 0 Å². The van der Waals surface area contributed by atoms with E-state index in [1.54, 1.807) is 0 Å². The number of nitrogens with two attached hydrogens (primary N) is 1. The summed E-state index contributed by atoms with van der Waals surface area (Å²) < 4.78 is 1.15. The van der Waals surface area contributed by atoms with Gasteiger partial charge in [-0.15, -0.1) is 0 Å². The highest BCUT2D eigenvalue weighted by molar-refractivity contribution is 14.1. The molecule has 1 atom stereocenters. The van der Waals surface area contributed by atoms with E-state index in [0.717, 1.165) is 28.4 Å². The van der Waals surface area contributed by atoms with Crippen molar-refractivity contribution < 1.29 is 4.79 Å². The predicted octanol–water partition coefficient (Wildman–Crippen LogP) is 2.47. The third-order valence-corrected chi connectivity index (χ3v) is 3.48. The number of rotatable bonds is 7. The van der Waals surface area contributed by atoms with Crippen LogP contribution in [0.2, 0.25) is 0 Å². The molecule has 1 amide bonds. The Labute approximate surface area is 123 Å². The van der Waals surface area contributed by atoms with Crippen LogP contribution in [0, 0.1) is 3.57 Å². The molecular weight excluding hydrogens is 339 g/mol. The highest BCUT2D eigenvalue weighted by Crippen LogP contribution is 2.08. The second-order valence-corrected chi connectivity index (χ2v) is 5.69. The number of carbonyl (C=O) groups excluding carboxylic acids is 1. The van der Waals surface area contributed by atoms with Gasteiger partial charge in [0.1, 0.15) is 0 Å². The van der Waals surface area contributed by atoms with Crippen LogP contribution in [0.25, 0.3) is 0 Å². The quantitative estimate of drug-likeness (QED) is 0.734. The Kier molecular flexibility index (Phi) is 7.27. The lowest BCUT2D eigenvalue weighted by atomic mass is 10.1. The molecule has 0 fully saturated rings. The standard InChI is InChI=1S/C14H21IN2O/c1-2-3-7-13(10-16)17-14(18)9-11-5-4-6-12(15)8-11/h4-6,8,13H,2-3,7,9-10,16H2,1H3,(H,17,18). The van der Waals surface area contributed by atoms with Crippen molar-refractivity contribution in [3.8, 4) is 0 Å². The van der Waals surface area contributed by atoms with Crippen LogP contribution in [-0.4, -0.2) is 18.5 Å². The van der Waals surface area contributed by atoms with E-state index in [9.17, 15) is 4.79 Å². The van der Waals surface area contributed by atoms with Crippen LogP contribution < -0.4 is 11.1 Å². The first-order chi connectivity index (χ1) is 8.65. The van der Waals surface area contributed by atoms with Gasteiger partial charge in [-0.25, -0.2) is 0 Å². The average molecular weight is 360 g/mol. The highest BCUT2D eigenvalue weighted by atomic mass is 127. The van der Waals surface area contributed by atoms with Crippen LogP contribution in [-0.2, 0) is 11.2 Å². The van der Waals surface area contributed by atoms with Gasteiger partial charge in [0.05, 0.1) is 6.42 Å². The molecule has 1 aromatic rings. The minimum Gasteiger partial charge on any atom is -0.352 e. The molecule has 0 saturated heterocycles. The lowest BCUT2D eigenvalue weighted by molar-refractivity contribution is -0.121. The Morgan fingerprint density at radius 1 is 1.50 bits per heavy atom. The number of hydrogen-bond donors (Lipinski definition) is 2. The summed E-state index contributed by atoms with van der Waals surface area (Å²) in [6, 6.07) is 8.11. The van der Waals surface area contributed by atoms with Crippen molar-refractivity contribution in [3.63, 3.8) is 0 Å². The number of carbonyl (C=O) groups is 1. The minimum atomic E-state index is 0.0588. The largest absolute Gasteiger partial charge is 0.352 e. The smallest absolute Gasteiger partial charge is 0.224 e. The summed E-state index contributed by atoms with van der Waals surface area (Å²) in [7, 11) is 0. The van der Waals surface area contributed by atoms with Gasteiger partial charge >= 0.3 is 0 Å². The van der Waals surface area contributed by atoms with Gasteiger partial charge in [-0.05, 0) is 46.7 Å². The van der Waals surface area contributed by atoms with E-state index < -0.39 is 0 Å². The third-order valence-electron chi connectivity index (χ3n) is 2.81. The van der Waals surface area contributed by atoms with Crippen LogP contribution >= 0.6 is 22.6 Å². The molecule has 1 rings (SSSR count). The highest BCUT2D eigenvalue weighted by Gasteiger charge is 2.10. The van der Waals surface area contributed by atoms with Crippen LogP contribution in [0.5, 0.6) is 0 Å². The SMILES string of the molecule is CCCCC(CN)NC(=O)Cc1cccc(I)c1. The molecule has 0 aliphatic carbocycles. The summed E-state index contributed by atoms with van der Waals surface area (Å²) in [5, 5.41) is 3.00. The molecule has 0 radical (unpaired) electrons. The Morgan fingerprint density at radius 3 is 2.89 bits per heavy atom. The zero-order chi connectivity index (χ0) is 13.4. The Balaban J connectivity index is 2.45. The molecular formula is C14H21IN2O. The fourth-order valence-corrected chi connectivity index (χ4v) is 2.42. The lowest BCUT2D eigenvalue weighted by Crippen LogP contribution is -2.40. The number of hydrogen-bond acceptors (Lipinski definition) is 2. The zero-order valence-electron chi connectivity index (χ0n) is 10.8. The summed E-state index contributed by atoms with van der Waals surface area (Å²) in [5.74, 6) is 0.0588. The molecule has 0 aromatic heterocycles. The molecule has 0 heterocycles. The average Bonchev–Trinajstić information content (AvgIpc) is 2.34. The molecule has 100 valence electrons. The first-order valence-corrected chi connectivity index (χ1v) is 7.47. The second kappa shape index (κ2) is 8.48. The Bertz CT molecular complexity index is 382. The number of halogens is 1. The summed E-state index contributed by atoms with van der Waals surface area (Å²) >= 11 is 2.25. The topological polar surface area (TPSA) is 55.1 Å². The van der Waals surface area contributed by atoms with Crippen LogP contribution in [0.4, 0.5) is 0 Å². The van der Waals surface area contributed by atoms with Gasteiger partial charge in [0.25, 0.3) is 0 Å². The van der Waals surface area contributed by atoms with Crippen molar-refractivity contribution >= 4 is 28.5 Å². The summed E-state index contributed by atoms with van der Waals surface area (Å²) in [6.45, 7) is 2.65. The van der Waals surface area contributed by atoms with Crippen LogP contribution in [0.15, 0.2) is 24.3 Å². The van der Waals surface area contributed by atoms with Crippen molar-refractivity contribution in [3.05, 3.63) is 33.4 Å². The van der Waals surface area contributed by atoms with Gasteiger partial charge < -0.3 is 11.1 Å². The number of unbranched alkanes of at least 4 members (excludes halogenated alkanes) is 1. The molecule has 0 bridgehead atoms. The van der Waals surface area contributed by atoms with E-state index in [2.05, 4.69) is 34.8 Å². The van der Waals surface area contributed by atoms with E-state index in [4.69, 9.17) is 5.73 Å². The Hall–Kier alpha value is -0.620. The molecule has 3 nitrogen and oxygen atoms in total. The molecule has 1 unspecified atom stereocenters. The maximum absolute atomic E-state index is 11.9. The molecule has 0 aliphatic rings. The molecule has 3 N–H and O–H groups in total. The first-order valence-electron chi connectivity index (χ1n) is 6.39. The molecule has 0 spiro atoms. The fourth-order valence-electron chi connectivity index (χ4n) is 1.81. The predicted molar refractivity (Wildman–Crippen MR) is 83.4 cm³/mol. The number of amides is 1. The lowest BCUT2D eigenvalue weighted by Gasteiger charge is -2.16. The zero-order valence-corrected chi connectivity index (χ0v) is 12.9. The van der Waals surface area contributed by atoms with Gasteiger partial charge in [0.2, 0.25) is 5.91 Å². The first kappa shape index (κ1) is 15.4. The van der Waals surface area contributed by atoms with Gasteiger partial charge in [-0.2, -0.15) is 0 Å². The maximum atomic E-state index is 11.9. The van der Waals surface area contributed by atoms with Crippen LogP contribution in [0.1, 0.15) is 31.7 Å². The van der Waals surface area contributed by atoms with E-state index in [0.29, 0.717) is 13.0 Å². The molecule has 1 aromatic carbocycles. The van der Waals surface area contributed by atoms with Crippen LogP contribution in [0.3, 0.4) is 0 Å². The fraction of sp³-hybridized carbons (Fsp3) is 0.500. The number of nitrogens with one attached hydrogen (secondary N) is 1. The van der Waals surface area contributed by atoms with Crippen molar-refractivity contribution in [1.29, 1.82) is 0 Å². The van der Waals surface area contributed by atoms with Gasteiger partial charge in [-0.1, -0.05) is 31.9 Å². The monoisotopic (exact) mass is 360 g/mol. The van der Waals surface area contributed by atoms with Gasteiger partial charge in [-0.3, -0.25) is 4.79 Å². The molecule has 0 saturated carbocycles. The normalized spacial score (nSPS) is 12.2. The Morgan fingerprint density at radius 2 is 2.28 bits per heavy atom. The molecule has 4 heteroatoms.